The van der Waals surface area contributed by atoms with Gasteiger partial charge in [-0.2, -0.15) is 0 Å². The molecule has 11 heteroatoms. The highest BCUT2D eigenvalue weighted by Gasteiger charge is 2.30. The van der Waals surface area contributed by atoms with Crippen LogP contribution in [0.1, 0.15) is 5.76 Å². The lowest BCUT2D eigenvalue weighted by atomic mass is 10.3. The van der Waals surface area contributed by atoms with Crippen LogP contribution in [0, 0.1) is 0 Å². The molecule has 0 fully saturated rings. The van der Waals surface area contributed by atoms with Crippen molar-refractivity contribution in [2.24, 2.45) is 0 Å². The van der Waals surface area contributed by atoms with Gasteiger partial charge in [-0.3, -0.25) is 9.10 Å². The molecule has 1 amide bonds. The van der Waals surface area contributed by atoms with Gasteiger partial charge in [0.1, 0.15) is 18.1 Å². The van der Waals surface area contributed by atoms with Crippen LogP contribution in [-0.2, 0) is 21.4 Å². The van der Waals surface area contributed by atoms with Crippen LogP contribution in [0.3, 0.4) is 0 Å². The lowest BCUT2D eigenvalue weighted by Gasteiger charge is -2.26. The molecule has 0 atom stereocenters. The Morgan fingerprint density at radius 1 is 1.00 bits per heavy atom. The Bertz CT molecular complexity index is 1210. The molecule has 0 radical (unpaired) electrons. The van der Waals surface area contributed by atoms with Crippen LogP contribution in [0.5, 0.6) is 17.2 Å². The Hall–Kier alpha value is -3.37. The first kappa shape index (κ1) is 24.3. The molecule has 3 rings (SSSR count). The minimum atomic E-state index is -4.25. The molecule has 0 saturated carbocycles. The first-order valence-electron chi connectivity index (χ1n) is 9.67. The molecule has 0 saturated heterocycles. The molecule has 0 unspecified atom stereocenters. The third-order valence-electron chi connectivity index (χ3n) is 4.68. The van der Waals surface area contributed by atoms with E-state index in [9.17, 15) is 13.2 Å². The van der Waals surface area contributed by atoms with Crippen molar-refractivity contribution in [3.05, 3.63) is 65.6 Å². The van der Waals surface area contributed by atoms with E-state index in [1.54, 1.807) is 18.2 Å². The molecule has 1 heterocycles. The van der Waals surface area contributed by atoms with Gasteiger partial charge in [0.15, 0.2) is 11.5 Å². The van der Waals surface area contributed by atoms with E-state index < -0.39 is 22.5 Å². The Labute approximate surface area is 196 Å². The molecule has 0 aliphatic heterocycles. The summed E-state index contributed by atoms with van der Waals surface area (Å²) in [6.07, 6.45) is 1.48. The number of amides is 1. The first-order valence-corrected chi connectivity index (χ1v) is 11.5. The topological polar surface area (TPSA) is 107 Å². The highest BCUT2D eigenvalue weighted by molar-refractivity contribution is 7.92. The zero-order chi connectivity index (χ0) is 24.0. The molecule has 0 spiro atoms. The van der Waals surface area contributed by atoms with Gasteiger partial charge in [0.05, 0.1) is 44.7 Å². The van der Waals surface area contributed by atoms with Gasteiger partial charge >= 0.3 is 0 Å². The number of hydrogen-bond acceptors (Lipinski definition) is 7. The van der Waals surface area contributed by atoms with Crippen LogP contribution in [0.25, 0.3) is 0 Å². The van der Waals surface area contributed by atoms with Crippen molar-refractivity contribution < 1.29 is 31.8 Å². The molecule has 9 nitrogen and oxygen atoms in total. The second-order valence-corrected chi connectivity index (χ2v) is 9.00. The van der Waals surface area contributed by atoms with E-state index in [1.807, 2.05) is 0 Å². The molecular formula is C22H23ClN2O7S. The van der Waals surface area contributed by atoms with Crippen LogP contribution in [0.2, 0.25) is 5.02 Å². The Balaban J connectivity index is 2.02. The van der Waals surface area contributed by atoms with Gasteiger partial charge in [0.25, 0.3) is 10.0 Å². The van der Waals surface area contributed by atoms with Crippen LogP contribution >= 0.6 is 11.6 Å². The molecule has 0 bridgehead atoms. The molecular weight excluding hydrogens is 472 g/mol. The second-order valence-electron chi connectivity index (χ2n) is 6.70. The Morgan fingerprint density at radius 3 is 2.33 bits per heavy atom. The maximum absolute atomic E-state index is 13.7. The third-order valence-corrected chi connectivity index (χ3v) is 6.67. The smallest absolute Gasteiger partial charge is 0.265 e. The van der Waals surface area contributed by atoms with Crippen LogP contribution in [-0.4, -0.2) is 42.2 Å². The second kappa shape index (κ2) is 10.5. The minimum Gasteiger partial charge on any atom is -0.495 e. The Morgan fingerprint density at radius 2 is 1.70 bits per heavy atom. The van der Waals surface area contributed by atoms with Gasteiger partial charge in [-0.1, -0.05) is 11.6 Å². The zero-order valence-corrected chi connectivity index (χ0v) is 19.8. The third kappa shape index (κ3) is 5.52. The summed E-state index contributed by atoms with van der Waals surface area (Å²) < 4.78 is 49.3. The molecule has 1 aromatic heterocycles. The molecule has 0 aliphatic rings. The number of rotatable bonds is 10. The minimum absolute atomic E-state index is 0.1000. The lowest BCUT2D eigenvalue weighted by molar-refractivity contribution is -0.119. The normalized spacial score (nSPS) is 11.0. The highest BCUT2D eigenvalue weighted by atomic mass is 35.5. The lowest BCUT2D eigenvalue weighted by Crippen LogP contribution is -2.40. The van der Waals surface area contributed by atoms with Crippen LogP contribution in [0.15, 0.2) is 64.1 Å². The van der Waals surface area contributed by atoms with E-state index in [0.717, 1.165) is 4.31 Å². The van der Waals surface area contributed by atoms with Gasteiger partial charge in [0.2, 0.25) is 5.91 Å². The number of anilines is 1. The summed E-state index contributed by atoms with van der Waals surface area (Å²) in [6.45, 7) is -0.434. The average molecular weight is 495 g/mol. The average Bonchev–Trinajstić information content (AvgIpc) is 3.34. The number of methoxy groups -OCH3 is 3. The summed E-state index contributed by atoms with van der Waals surface area (Å²) in [4.78, 5) is 12.6. The maximum Gasteiger partial charge on any atom is 0.265 e. The summed E-state index contributed by atoms with van der Waals surface area (Å²) in [5.74, 6) is 0.774. The number of nitrogens with zero attached hydrogens (tertiary/aromatic N) is 1. The number of sulfonamides is 1. The highest BCUT2D eigenvalue weighted by Crippen LogP contribution is 2.36. The van der Waals surface area contributed by atoms with Crippen molar-refractivity contribution in [1.82, 2.24) is 5.32 Å². The van der Waals surface area contributed by atoms with E-state index in [0.29, 0.717) is 11.5 Å². The number of carbonyl (C=O) groups is 1. The fraction of sp³-hybridized carbons (Fsp3) is 0.227. The van der Waals surface area contributed by atoms with E-state index in [1.165, 1.54) is 57.9 Å². The predicted octanol–water partition coefficient (Wildman–Crippen LogP) is 3.47. The molecule has 33 heavy (non-hydrogen) atoms. The largest absolute Gasteiger partial charge is 0.495 e. The number of furan rings is 1. The van der Waals surface area contributed by atoms with Gasteiger partial charge in [0, 0.05) is 11.1 Å². The number of benzene rings is 2. The fourth-order valence-corrected chi connectivity index (χ4v) is 4.65. The quantitative estimate of drug-likeness (QED) is 0.459. The van der Waals surface area contributed by atoms with Gasteiger partial charge in [-0.05, 0) is 42.5 Å². The van der Waals surface area contributed by atoms with Crippen molar-refractivity contribution in [1.29, 1.82) is 0 Å². The standard InChI is InChI=1S/C22H23ClN2O7S/c1-29-19-8-6-15(23)11-18(19)25(14-22(26)24-13-16-5-4-10-32-16)33(27,28)17-7-9-20(30-2)21(12-17)31-3/h4-12H,13-14H2,1-3H3,(H,24,26). The maximum atomic E-state index is 13.7. The zero-order valence-electron chi connectivity index (χ0n) is 18.2. The van der Waals surface area contributed by atoms with Crippen molar-refractivity contribution in [3.8, 4) is 17.2 Å². The van der Waals surface area contributed by atoms with E-state index >= 15 is 0 Å². The van der Waals surface area contributed by atoms with Gasteiger partial charge in [-0.25, -0.2) is 8.42 Å². The Kier molecular flexibility index (Phi) is 7.72. The number of carbonyl (C=O) groups excluding carboxylic acids is 1. The first-order chi connectivity index (χ1) is 15.8. The van der Waals surface area contributed by atoms with Crippen LogP contribution < -0.4 is 23.8 Å². The number of halogens is 1. The number of ether oxygens (including phenoxy) is 3. The number of nitrogens with one attached hydrogen (secondary N) is 1. The molecule has 176 valence electrons. The number of hydrogen-bond donors (Lipinski definition) is 1. The van der Waals surface area contributed by atoms with Crippen molar-refractivity contribution in [2.45, 2.75) is 11.4 Å². The van der Waals surface area contributed by atoms with Crippen molar-refractivity contribution >= 4 is 33.2 Å². The van der Waals surface area contributed by atoms with Gasteiger partial charge in [-0.15, -0.1) is 0 Å². The SMILES string of the molecule is COc1ccc(S(=O)(=O)N(CC(=O)NCc2ccco2)c2cc(Cl)ccc2OC)cc1OC. The van der Waals surface area contributed by atoms with E-state index in [-0.39, 0.29) is 33.6 Å². The summed E-state index contributed by atoms with van der Waals surface area (Å²) in [5.41, 5.74) is 0.105. The predicted molar refractivity (Wildman–Crippen MR) is 123 cm³/mol. The van der Waals surface area contributed by atoms with Gasteiger partial charge < -0.3 is 23.9 Å². The molecule has 1 N–H and O–H groups in total. The van der Waals surface area contributed by atoms with Crippen molar-refractivity contribution in [2.75, 3.05) is 32.2 Å². The fourth-order valence-electron chi connectivity index (χ4n) is 3.05. The van der Waals surface area contributed by atoms with E-state index in [2.05, 4.69) is 5.32 Å². The van der Waals surface area contributed by atoms with Crippen molar-refractivity contribution in [3.63, 3.8) is 0 Å². The molecule has 0 aliphatic carbocycles. The summed E-state index contributed by atoms with van der Waals surface area (Å²) in [7, 11) is -0.0197. The molecule has 3 aromatic rings. The summed E-state index contributed by atoms with van der Waals surface area (Å²) in [6, 6.07) is 12.0. The molecule has 2 aromatic carbocycles. The monoisotopic (exact) mass is 494 g/mol. The van der Waals surface area contributed by atoms with Crippen LogP contribution in [0.4, 0.5) is 5.69 Å². The summed E-state index contributed by atoms with van der Waals surface area (Å²) in [5, 5.41) is 2.92. The summed E-state index contributed by atoms with van der Waals surface area (Å²) >= 11 is 6.14. The van der Waals surface area contributed by atoms with E-state index in [4.69, 9.17) is 30.2 Å².